The zero-order valence-electron chi connectivity index (χ0n) is 35.8. The Hall–Kier alpha value is -3.62. The van der Waals surface area contributed by atoms with Crippen LogP contribution in [-0.4, -0.2) is 120 Å². The molecule has 12 nitrogen and oxygen atoms in total. The number of carbonyl (C=O) groups excluding carboxylic acids is 3. The fourth-order valence-electron chi connectivity index (χ4n) is 8.71. The van der Waals surface area contributed by atoms with Crippen molar-refractivity contribution in [1.82, 2.24) is 4.90 Å². The quantitative estimate of drug-likeness (QED) is 0.259. The van der Waals surface area contributed by atoms with Crippen molar-refractivity contribution in [2.75, 3.05) is 27.3 Å². The molecule has 3 heterocycles. The first kappa shape index (κ1) is 45.5. The van der Waals surface area contributed by atoms with Crippen molar-refractivity contribution in [2.45, 2.75) is 135 Å². The van der Waals surface area contributed by atoms with E-state index in [0.717, 1.165) is 22.3 Å². The highest BCUT2D eigenvalue weighted by Crippen LogP contribution is 2.39. The molecule has 0 spiro atoms. The number of likely N-dealkylation sites (N-methyl/N-ethyl adjacent to an activating group) is 1. The number of aliphatic hydroxyl groups is 2. The summed E-state index contributed by atoms with van der Waals surface area (Å²) in [6, 6.07) is 17.9. The van der Waals surface area contributed by atoms with E-state index in [1.807, 2.05) is 88.3 Å². The summed E-state index contributed by atoms with van der Waals surface area (Å²) in [7, 11) is 3.77. The lowest BCUT2D eigenvalue weighted by Crippen LogP contribution is -2.59. The van der Waals surface area contributed by atoms with Crippen molar-refractivity contribution in [2.24, 2.45) is 22.7 Å². The number of cyclic esters (lactones) is 1. The summed E-state index contributed by atoms with van der Waals surface area (Å²) in [5.74, 6) is -4.33. The Bertz CT molecular complexity index is 1790. The number of nitrogens with zero attached hydrogens (tertiary/aromatic N) is 2. The van der Waals surface area contributed by atoms with E-state index in [0.29, 0.717) is 12.1 Å². The third-order valence-electron chi connectivity index (χ3n) is 12.2. The van der Waals surface area contributed by atoms with Crippen molar-refractivity contribution < 1.29 is 48.3 Å². The second-order valence-electron chi connectivity index (χ2n) is 17.2. The molecule has 12 heteroatoms. The number of benzene rings is 2. The normalized spacial score (nSPS) is 37.2. The third-order valence-corrected chi connectivity index (χ3v) is 12.2. The van der Waals surface area contributed by atoms with E-state index in [2.05, 4.69) is 17.1 Å². The van der Waals surface area contributed by atoms with Gasteiger partial charge in [0.25, 0.3) is 0 Å². The average molecular weight is 805 g/mol. The minimum atomic E-state index is -1.76. The van der Waals surface area contributed by atoms with Crippen LogP contribution in [-0.2, 0) is 38.1 Å². The van der Waals surface area contributed by atoms with Gasteiger partial charge in [0, 0.05) is 31.0 Å². The minimum Gasteiger partial charge on any atom is -0.459 e. The number of amides is 1. The van der Waals surface area contributed by atoms with Crippen LogP contribution in [0.2, 0.25) is 0 Å². The Morgan fingerprint density at radius 2 is 1.66 bits per heavy atom. The van der Waals surface area contributed by atoms with E-state index in [1.165, 1.54) is 13.8 Å². The summed E-state index contributed by atoms with van der Waals surface area (Å²) >= 11 is 0. The summed E-state index contributed by atoms with van der Waals surface area (Å²) in [5.41, 5.74) is 1.15. The van der Waals surface area contributed by atoms with Crippen LogP contribution < -0.4 is 0 Å². The van der Waals surface area contributed by atoms with Gasteiger partial charge in [0.15, 0.2) is 12.1 Å². The summed E-state index contributed by atoms with van der Waals surface area (Å²) < 4.78 is 32.7. The maximum Gasteiger partial charge on any atom is 0.316 e. The van der Waals surface area contributed by atoms with E-state index < -0.39 is 77.3 Å². The molecular formula is C46H64N2O10. The van der Waals surface area contributed by atoms with Crippen LogP contribution in [0.5, 0.6) is 0 Å². The fraction of sp³-hybridized carbons (Fsp3) is 0.609. The average Bonchev–Trinajstić information content (AvgIpc) is 3.20. The lowest BCUT2D eigenvalue weighted by molar-refractivity contribution is -0.296. The highest BCUT2D eigenvalue weighted by Gasteiger charge is 2.51. The Balaban J connectivity index is 1.68. The summed E-state index contributed by atoms with van der Waals surface area (Å²) in [6.07, 6.45) is -2.60. The molecule has 3 fully saturated rings. The number of esters is 1. The second-order valence-corrected chi connectivity index (χ2v) is 17.2. The second kappa shape index (κ2) is 19.2. The van der Waals surface area contributed by atoms with Crippen LogP contribution in [0.1, 0.15) is 86.6 Å². The molecule has 0 unspecified atom stereocenters. The van der Waals surface area contributed by atoms with Gasteiger partial charge < -0.3 is 38.8 Å². The molecule has 58 heavy (non-hydrogen) atoms. The van der Waals surface area contributed by atoms with Crippen LogP contribution in [0.15, 0.2) is 65.2 Å². The van der Waals surface area contributed by atoms with Crippen molar-refractivity contribution in [3.8, 4) is 11.1 Å². The van der Waals surface area contributed by atoms with Gasteiger partial charge in [-0.05, 0) is 89.2 Å². The molecule has 12 atom stereocenters. The van der Waals surface area contributed by atoms with E-state index >= 15 is 0 Å². The Morgan fingerprint density at radius 1 is 1.00 bits per heavy atom. The third kappa shape index (κ3) is 10.6. The van der Waals surface area contributed by atoms with Crippen molar-refractivity contribution in [1.29, 1.82) is 0 Å². The minimum absolute atomic E-state index is 0.00629. The monoisotopic (exact) mass is 804 g/mol. The molecule has 2 bridgehead atoms. The van der Waals surface area contributed by atoms with Gasteiger partial charge in [-0.15, -0.1) is 0 Å². The topological polar surface area (TPSA) is 153 Å². The molecule has 0 radical (unpaired) electrons. The molecule has 2 aromatic rings. The molecule has 0 aromatic heterocycles. The number of ether oxygens (including phenoxy) is 5. The molecule has 3 aliphatic rings. The lowest BCUT2D eigenvalue weighted by atomic mass is 9.76. The number of rotatable bonds is 6. The van der Waals surface area contributed by atoms with Gasteiger partial charge in [-0.25, -0.2) is 4.99 Å². The summed E-state index contributed by atoms with van der Waals surface area (Å²) in [6.45, 7) is 13.6. The number of hydrogen-bond acceptors (Lipinski definition) is 11. The van der Waals surface area contributed by atoms with Crippen molar-refractivity contribution in [3.63, 3.8) is 0 Å². The molecule has 5 rings (SSSR count). The van der Waals surface area contributed by atoms with Crippen molar-refractivity contribution >= 4 is 29.4 Å². The molecule has 0 saturated carbocycles. The standard InChI is InChI=1S/C46H64N2O10/c1-11-38-46(8,53)39-23-36(47-31(6)49)27(2)24-45(7,55-26-33(25-54-39)22-32-17-19-35(20-18-32)34-15-13-12-14-16-34)42(29(4)40(50)30(5)43(52)57-38)58-44-41(51)37(48(9)10)21-28(3)56-44/h12-20,22,27-30,37-39,41-42,44,51,53H,11,21,23-26H2,1-10H3/b33-22+,47-36?/t27-,28-,29+,30-,37+,38-,39-,41-,42-,44+,45-,46-/m1/s1. The van der Waals surface area contributed by atoms with E-state index in [1.54, 1.807) is 20.8 Å². The number of hydrogen-bond donors (Lipinski definition) is 2. The van der Waals surface area contributed by atoms with Crippen molar-refractivity contribution in [3.05, 3.63) is 65.7 Å². The van der Waals surface area contributed by atoms with Crippen LogP contribution in [0.3, 0.4) is 0 Å². The maximum absolute atomic E-state index is 14.5. The fourth-order valence-corrected chi connectivity index (χ4v) is 8.71. The number of carbonyl (C=O) groups is 3. The SMILES string of the molecule is CC[C@H]1OC(=O)[C@H](C)C(=O)[C@H](C)[C@@H](O[C@@H]2O[C@H](C)C[C@H](N(C)C)[C@H]2O)[C@@]2(C)C[C@@H](C)C(=NC(C)=O)C[C@@H](OC/C(=C\c3ccc(-c4ccccc4)cc3)CO2)[C@]1(C)O. The lowest BCUT2D eigenvalue weighted by Gasteiger charge is -2.47. The number of ketones is 1. The first-order valence-corrected chi connectivity index (χ1v) is 20.6. The zero-order chi connectivity index (χ0) is 42.5. The van der Waals surface area contributed by atoms with Gasteiger partial charge in [-0.1, -0.05) is 81.4 Å². The van der Waals surface area contributed by atoms with Crippen LogP contribution in [0.4, 0.5) is 0 Å². The van der Waals surface area contributed by atoms with Crippen LogP contribution >= 0.6 is 0 Å². The zero-order valence-corrected chi connectivity index (χ0v) is 35.8. The molecule has 2 aromatic carbocycles. The summed E-state index contributed by atoms with van der Waals surface area (Å²) in [5, 5.41) is 24.0. The van der Waals surface area contributed by atoms with Gasteiger partial charge in [0.05, 0.1) is 37.1 Å². The Labute approximate surface area is 343 Å². The van der Waals surface area contributed by atoms with Crippen LogP contribution in [0.25, 0.3) is 17.2 Å². The number of aliphatic imine (C=N–C) groups is 1. The Kier molecular flexibility index (Phi) is 15.0. The van der Waals surface area contributed by atoms with E-state index in [-0.39, 0.29) is 44.6 Å². The largest absolute Gasteiger partial charge is 0.459 e. The molecule has 0 aliphatic carbocycles. The predicted molar refractivity (Wildman–Crippen MR) is 222 cm³/mol. The predicted octanol–water partition coefficient (Wildman–Crippen LogP) is 6.05. The van der Waals surface area contributed by atoms with Gasteiger partial charge in [0.1, 0.15) is 23.7 Å². The van der Waals surface area contributed by atoms with Crippen LogP contribution in [0, 0.1) is 17.8 Å². The summed E-state index contributed by atoms with van der Waals surface area (Å²) in [4.78, 5) is 47.4. The molecule has 1 amide bonds. The highest BCUT2D eigenvalue weighted by atomic mass is 16.7. The molecule has 318 valence electrons. The van der Waals surface area contributed by atoms with Gasteiger partial charge >= 0.3 is 5.97 Å². The van der Waals surface area contributed by atoms with E-state index in [9.17, 15) is 24.6 Å². The smallest absolute Gasteiger partial charge is 0.316 e. The highest BCUT2D eigenvalue weighted by molar-refractivity contribution is 6.00. The van der Waals surface area contributed by atoms with E-state index in [4.69, 9.17) is 23.7 Å². The van der Waals surface area contributed by atoms with Gasteiger partial charge in [-0.2, -0.15) is 0 Å². The number of fused-ring (bicyclic) bond motifs is 5. The first-order chi connectivity index (χ1) is 27.3. The first-order valence-electron chi connectivity index (χ1n) is 20.6. The maximum atomic E-state index is 14.5. The van der Waals surface area contributed by atoms with Gasteiger partial charge in [-0.3, -0.25) is 14.4 Å². The number of aliphatic hydroxyl groups excluding tert-OH is 1. The van der Waals surface area contributed by atoms with Gasteiger partial charge in [0.2, 0.25) is 5.91 Å². The molecule has 3 saturated heterocycles. The molecule has 2 N–H and O–H groups in total. The Morgan fingerprint density at radius 3 is 2.28 bits per heavy atom. The number of Topliss-reactive ketones (excluding diaryl/α,β-unsaturated/α-hetero) is 1. The molecular weight excluding hydrogens is 741 g/mol. The molecule has 3 aliphatic heterocycles.